The van der Waals surface area contributed by atoms with Gasteiger partial charge in [0.1, 0.15) is 0 Å². The lowest BCUT2D eigenvalue weighted by molar-refractivity contribution is 0.102. The maximum atomic E-state index is 12.6. The number of carbonyl (C=O) groups excluding carboxylic acids is 1. The van der Waals surface area contributed by atoms with Gasteiger partial charge in [-0.15, -0.1) is 5.10 Å². The van der Waals surface area contributed by atoms with Crippen molar-refractivity contribution < 1.29 is 9.53 Å². The minimum Gasteiger partial charge on any atom is -0.478 e. The van der Waals surface area contributed by atoms with E-state index in [1.54, 1.807) is 35.9 Å². The summed E-state index contributed by atoms with van der Waals surface area (Å²) in [6, 6.07) is 8.65. The van der Waals surface area contributed by atoms with Gasteiger partial charge >= 0.3 is 0 Å². The largest absolute Gasteiger partial charge is 0.478 e. The van der Waals surface area contributed by atoms with Crippen molar-refractivity contribution in [3.05, 3.63) is 52.4 Å². The fourth-order valence-electron chi connectivity index (χ4n) is 2.37. The molecule has 2 heterocycles. The van der Waals surface area contributed by atoms with Crippen molar-refractivity contribution in [3.8, 4) is 11.6 Å². The highest BCUT2D eigenvalue weighted by Gasteiger charge is 2.15. The number of benzene rings is 1. The third-order valence-corrected chi connectivity index (χ3v) is 3.95. The van der Waals surface area contributed by atoms with E-state index >= 15 is 0 Å². The monoisotopic (exact) mass is 372 g/mol. The minimum atomic E-state index is -0.431. The molecule has 8 nitrogen and oxygen atoms in total. The van der Waals surface area contributed by atoms with E-state index in [2.05, 4.69) is 25.8 Å². The fourth-order valence-corrected chi connectivity index (χ4v) is 2.56. The van der Waals surface area contributed by atoms with Gasteiger partial charge in [0.2, 0.25) is 5.88 Å². The quantitative estimate of drug-likeness (QED) is 0.739. The van der Waals surface area contributed by atoms with Crippen LogP contribution >= 0.6 is 11.6 Å². The number of nitrogens with one attached hydrogen (secondary N) is 1. The molecule has 26 heavy (non-hydrogen) atoms. The maximum absolute atomic E-state index is 12.6. The van der Waals surface area contributed by atoms with E-state index in [0.717, 1.165) is 11.3 Å². The second-order valence-electron chi connectivity index (χ2n) is 5.51. The smallest absolute Gasteiger partial charge is 0.275 e. The lowest BCUT2D eigenvalue weighted by Crippen LogP contribution is -2.15. The molecular weight excluding hydrogens is 356 g/mol. The molecule has 1 N–H and O–H groups in total. The van der Waals surface area contributed by atoms with Crippen molar-refractivity contribution >= 4 is 23.2 Å². The summed E-state index contributed by atoms with van der Waals surface area (Å²) in [5, 5.41) is 14.5. The van der Waals surface area contributed by atoms with Gasteiger partial charge in [-0.2, -0.15) is 4.68 Å². The van der Waals surface area contributed by atoms with Gasteiger partial charge < -0.3 is 10.1 Å². The van der Waals surface area contributed by atoms with Crippen LogP contribution in [0.2, 0.25) is 5.02 Å². The Bertz CT molecular complexity index is 956. The number of hydrogen-bond donors (Lipinski definition) is 1. The Morgan fingerprint density at radius 3 is 2.77 bits per heavy atom. The minimum absolute atomic E-state index is 0.0957. The predicted molar refractivity (Wildman–Crippen MR) is 97.0 cm³/mol. The molecule has 3 rings (SSSR count). The number of carbonyl (C=O) groups is 1. The second-order valence-corrected chi connectivity index (χ2v) is 5.91. The first-order valence-electron chi connectivity index (χ1n) is 7.96. The standard InChI is InChI=1S/C17H17ClN6O2/c1-4-26-15-8-7-13(18)16(20-15)17(25)19-12-6-5-10(2)14(9-12)24-11(3)21-22-23-24/h5-9H,4H2,1-3H3,(H,19,25). The van der Waals surface area contributed by atoms with Crippen molar-refractivity contribution in [1.82, 2.24) is 25.2 Å². The summed E-state index contributed by atoms with van der Waals surface area (Å²) in [6.45, 7) is 6.02. The maximum Gasteiger partial charge on any atom is 0.275 e. The Morgan fingerprint density at radius 1 is 1.27 bits per heavy atom. The number of halogens is 1. The van der Waals surface area contributed by atoms with Gasteiger partial charge in [-0.05, 0) is 55.0 Å². The van der Waals surface area contributed by atoms with E-state index < -0.39 is 5.91 Å². The van der Waals surface area contributed by atoms with Crippen LogP contribution in [0.1, 0.15) is 28.8 Å². The van der Waals surface area contributed by atoms with Crippen molar-refractivity contribution in [2.45, 2.75) is 20.8 Å². The van der Waals surface area contributed by atoms with E-state index in [4.69, 9.17) is 16.3 Å². The summed E-state index contributed by atoms with van der Waals surface area (Å²) in [7, 11) is 0. The molecule has 9 heteroatoms. The molecule has 0 atom stereocenters. The number of nitrogens with zero attached hydrogens (tertiary/aromatic N) is 5. The predicted octanol–water partition coefficient (Wildman–Crippen LogP) is 2.98. The zero-order chi connectivity index (χ0) is 18.7. The van der Waals surface area contributed by atoms with Crippen LogP contribution in [0, 0.1) is 13.8 Å². The average Bonchev–Trinajstić information content (AvgIpc) is 3.04. The van der Waals surface area contributed by atoms with Gasteiger partial charge in [-0.3, -0.25) is 4.79 Å². The van der Waals surface area contributed by atoms with Crippen molar-refractivity contribution in [1.29, 1.82) is 0 Å². The number of pyridine rings is 1. The van der Waals surface area contributed by atoms with Crippen LogP contribution in [0.4, 0.5) is 5.69 Å². The zero-order valence-corrected chi connectivity index (χ0v) is 15.3. The Morgan fingerprint density at radius 2 is 2.08 bits per heavy atom. The first-order valence-corrected chi connectivity index (χ1v) is 8.34. The third-order valence-electron chi connectivity index (χ3n) is 3.65. The van der Waals surface area contributed by atoms with Gasteiger partial charge in [0, 0.05) is 11.8 Å². The van der Waals surface area contributed by atoms with Crippen molar-refractivity contribution in [2.75, 3.05) is 11.9 Å². The Balaban J connectivity index is 1.89. The molecule has 0 aliphatic rings. The summed E-state index contributed by atoms with van der Waals surface area (Å²) in [6.07, 6.45) is 0. The Hall–Kier alpha value is -3.00. The average molecular weight is 373 g/mol. The van der Waals surface area contributed by atoms with E-state index in [-0.39, 0.29) is 10.7 Å². The van der Waals surface area contributed by atoms with E-state index in [1.165, 1.54) is 0 Å². The normalized spacial score (nSPS) is 10.6. The van der Waals surface area contributed by atoms with E-state index in [1.807, 2.05) is 19.9 Å². The molecule has 2 aromatic heterocycles. The van der Waals surface area contributed by atoms with Crippen LogP contribution in [-0.4, -0.2) is 37.7 Å². The van der Waals surface area contributed by atoms with Gasteiger partial charge in [-0.25, -0.2) is 4.98 Å². The van der Waals surface area contributed by atoms with Crippen LogP contribution in [0.3, 0.4) is 0 Å². The van der Waals surface area contributed by atoms with Gasteiger partial charge in [0.15, 0.2) is 11.5 Å². The number of anilines is 1. The topological polar surface area (TPSA) is 94.8 Å². The molecule has 0 aliphatic carbocycles. The highest BCUT2D eigenvalue weighted by atomic mass is 35.5. The number of aryl methyl sites for hydroxylation is 2. The third kappa shape index (κ3) is 3.65. The lowest BCUT2D eigenvalue weighted by atomic mass is 10.1. The first-order chi connectivity index (χ1) is 12.5. The van der Waals surface area contributed by atoms with Gasteiger partial charge in [-0.1, -0.05) is 17.7 Å². The number of amides is 1. The summed E-state index contributed by atoms with van der Waals surface area (Å²) in [5.41, 5.74) is 2.41. The highest BCUT2D eigenvalue weighted by Crippen LogP contribution is 2.22. The summed E-state index contributed by atoms with van der Waals surface area (Å²) >= 11 is 6.11. The Labute approximate surface area is 155 Å². The summed E-state index contributed by atoms with van der Waals surface area (Å²) in [4.78, 5) is 16.7. The molecule has 0 fully saturated rings. The molecule has 134 valence electrons. The Kier molecular flexibility index (Phi) is 5.13. The molecule has 0 saturated carbocycles. The number of rotatable bonds is 5. The molecular formula is C17H17ClN6O2. The molecule has 0 aliphatic heterocycles. The molecule has 1 amide bonds. The summed E-state index contributed by atoms with van der Waals surface area (Å²) < 4.78 is 6.93. The highest BCUT2D eigenvalue weighted by molar-refractivity contribution is 6.34. The lowest BCUT2D eigenvalue weighted by Gasteiger charge is -2.11. The zero-order valence-electron chi connectivity index (χ0n) is 14.5. The van der Waals surface area contributed by atoms with Crippen LogP contribution in [0.25, 0.3) is 5.69 Å². The molecule has 0 bridgehead atoms. The molecule has 0 saturated heterocycles. The van der Waals surface area contributed by atoms with Crippen molar-refractivity contribution in [3.63, 3.8) is 0 Å². The molecule has 0 radical (unpaired) electrons. The van der Waals surface area contributed by atoms with E-state index in [9.17, 15) is 4.79 Å². The van der Waals surface area contributed by atoms with Crippen LogP contribution < -0.4 is 10.1 Å². The molecule has 3 aromatic rings. The first kappa shape index (κ1) is 17.8. The number of aromatic nitrogens is 5. The number of hydrogen-bond acceptors (Lipinski definition) is 6. The van der Waals surface area contributed by atoms with Gasteiger partial charge in [0.25, 0.3) is 5.91 Å². The molecule has 1 aromatic carbocycles. The molecule has 0 spiro atoms. The second kappa shape index (κ2) is 7.49. The number of tetrazole rings is 1. The number of ether oxygens (including phenoxy) is 1. The van der Waals surface area contributed by atoms with E-state index in [0.29, 0.717) is 24.0 Å². The molecule has 0 unspecified atom stereocenters. The van der Waals surface area contributed by atoms with Gasteiger partial charge in [0.05, 0.1) is 17.3 Å². The van der Waals surface area contributed by atoms with Crippen LogP contribution in [0.5, 0.6) is 5.88 Å². The fraction of sp³-hybridized carbons (Fsp3) is 0.235. The summed E-state index contributed by atoms with van der Waals surface area (Å²) in [5.74, 6) is 0.557. The van der Waals surface area contributed by atoms with Crippen LogP contribution in [-0.2, 0) is 0 Å². The van der Waals surface area contributed by atoms with Crippen molar-refractivity contribution in [2.24, 2.45) is 0 Å². The SMILES string of the molecule is CCOc1ccc(Cl)c(C(=O)Nc2ccc(C)c(-n3nnnc3C)c2)n1. The van der Waals surface area contributed by atoms with Crippen LogP contribution in [0.15, 0.2) is 30.3 Å².